The van der Waals surface area contributed by atoms with Crippen molar-refractivity contribution >= 4 is 34.7 Å². The van der Waals surface area contributed by atoms with Gasteiger partial charge in [0.2, 0.25) is 11.8 Å². The summed E-state index contributed by atoms with van der Waals surface area (Å²) in [5.41, 5.74) is 1.96. The Bertz CT molecular complexity index is 608. The van der Waals surface area contributed by atoms with Crippen molar-refractivity contribution in [2.45, 2.75) is 85.3 Å². The number of carbonyl (C=O) groups is 4. The summed E-state index contributed by atoms with van der Waals surface area (Å²) in [7, 11) is 1.53. The molecule has 0 aliphatic heterocycles. The van der Waals surface area contributed by atoms with Gasteiger partial charge in [0.25, 0.3) is 0 Å². The summed E-state index contributed by atoms with van der Waals surface area (Å²) in [6.07, 6.45) is 2.67. The molecule has 0 heterocycles. The number of nitrogens with zero attached hydrogens (tertiary/aromatic N) is 1. The molecule has 4 amide bonds. The average Bonchev–Trinajstić information content (AvgIpc) is 2.69. The van der Waals surface area contributed by atoms with Gasteiger partial charge in [-0.1, -0.05) is 32.0 Å². The first-order chi connectivity index (χ1) is 14.9. The Kier molecular flexibility index (Phi) is 15.0. The summed E-state index contributed by atoms with van der Waals surface area (Å²) in [6, 6.07) is -1.01. The van der Waals surface area contributed by atoms with E-state index in [2.05, 4.69) is 30.0 Å². The first-order valence-corrected chi connectivity index (χ1v) is 12.2. The van der Waals surface area contributed by atoms with Gasteiger partial charge in [0, 0.05) is 39.2 Å². The molecule has 1 atom stereocenters. The quantitative estimate of drug-likeness (QED) is 0.263. The number of rotatable bonds is 14. The Labute approximate surface area is 197 Å². The van der Waals surface area contributed by atoms with E-state index < -0.39 is 11.6 Å². The zero-order chi connectivity index (χ0) is 24.7. The maximum atomic E-state index is 12.8. The molecular formula is C22H42N4O5S. The minimum atomic E-state index is -0.691. The lowest BCUT2D eigenvalue weighted by Crippen LogP contribution is -2.51. The lowest BCUT2D eigenvalue weighted by molar-refractivity contribution is -0.145. The summed E-state index contributed by atoms with van der Waals surface area (Å²) in [5, 5.41) is 5.41. The maximum absolute atomic E-state index is 12.8. The molecule has 186 valence electrons. The summed E-state index contributed by atoms with van der Waals surface area (Å²) in [6.45, 7) is 12.2. The van der Waals surface area contributed by atoms with E-state index in [-0.39, 0.29) is 29.4 Å². The zero-order valence-electron chi connectivity index (χ0n) is 20.7. The lowest BCUT2D eigenvalue weighted by atomic mass is 10.1. The summed E-state index contributed by atoms with van der Waals surface area (Å²) < 4.78 is 0. The Morgan fingerprint density at radius 3 is 2.22 bits per heavy atom. The van der Waals surface area contributed by atoms with E-state index in [1.807, 2.05) is 20.8 Å². The molecule has 0 aliphatic carbocycles. The van der Waals surface area contributed by atoms with Crippen molar-refractivity contribution < 1.29 is 24.0 Å². The second-order valence-corrected chi connectivity index (χ2v) is 10.4. The Hall–Kier alpha value is -1.81. The van der Waals surface area contributed by atoms with Gasteiger partial charge in [-0.05, 0) is 46.0 Å². The van der Waals surface area contributed by atoms with E-state index in [1.165, 1.54) is 25.7 Å². The fourth-order valence-corrected chi connectivity index (χ4v) is 3.21. The van der Waals surface area contributed by atoms with Crippen molar-refractivity contribution in [1.82, 2.24) is 21.0 Å². The molecule has 3 N–H and O–H groups in total. The molecule has 9 nitrogen and oxygen atoms in total. The second-order valence-electron chi connectivity index (χ2n) is 9.11. The van der Waals surface area contributed by atoms with Crippen molar-refractivity contribution in [3.05, 3.63) is 0 Å². The number of thioether (sulfide) groups is 1. The second kappa shape index (κ2) is 15.9. The molecule has 0 aromatic heterocycles. The number of urea groups is 1. The predicted molar refractivity (Wildman–Crippen MR) is 128 cm³/mol. The highest BCUT2D eigenvalue weighted by atomic mass is 32.2. The molecule has 0 rings (SSSR count). The van der Waals surface area contributed by atoms with E-state index in [4.69, 9.17) is 4.84 Å². The van der Waals surface area contributed by atoms with E-state index in [0.29, 0.717) is 44.0 Å². The van der Waals surface area contributed by atoms with Crippen LogP contribution in [0, 0.1) is 5.92 Å². The van der Waals surface area contributed by atoms with Crippen LogP contribution in [0.3, 0.4) is 0 Å². The molecule has 0 fully saturated rings. The number of amides is 4. The Morgan fingerprint density at radius 1 is 1.03 bits per heavy atom. The number of hydrogen-bond donors (Lipinski definition) is 3. The van der Waals surface area contributed by atoms with Gasteiger partial charge >= 0.3 is 6.03 Å². The van der Waals surface area contributed by atoms with Gasteiger partial charge in [-0.15, -0.1) is 0 Å². The lowest BCUT2D eigenvalue weighted by Gasteiger charge is -2.26. The number of likely N-dealkylation sites (N-methyl/N-ethyl adjacent to an activating group) is 1. The molecule has 0 aromatic carbocycles. The minimum absolute atomic E-state index is 0.00870. The topological polar surface area (TPSA) is 117 Å². The third-order valence-electron chi connectivity index (χ3n) is 4.41. The van der Waals surface area contributed by atoms with Crippen LogP contribution in [0.1, 0.15) is 73.6 Å². The Morgan fingerprint density at radius 2 is 1.69 bits per heavy atom. The monoisotopic (exact) mass is 474 g/mol. The van der Waals surface area contributed by atoms with E-state index in [0.717, 1.165) is 6.42 Å². The molecule has 0 radical (unpaired) electrons. The van der Waals surface area contributed by atoms with Crippen LogP contribution in [0.15, 0.2) is 0 Å². The summed E-state index contributed by atoms with van der Waals surface area (Å²) in [5.74, 6) is 0.440. The van der Waals surface area contributed by atoms with Crippen LogP contribution in [0.4, 0.5) is 4.79 Å². The standard InChI is InChI=1S/C22H42N4O5S/c1-16(2)12-13-26(14-15-32-17(3)27)21(30)24-18(20(29)23-7)10-8-9-11-19(28)25-31-22(4,5)6/h16,18H,8-15H2,1-7H3,(H,23,29)(H,24,30)(H,25,28)/t18-/m0/s1. The minimum Gasteiger partial charge on any atom is -0.357 e. The highest BCUT2D eigenvalue weighted by Crippen LogP contribution is 2.10. The van der Waals surface area contributed by atoms with Crippen molar-refractivity contribution in [1.29, 1.82) is 0 Å². The highest BCUT2D eigenvalue weighted by Gasteiger charge is 2.23. The molecule has 10 heteroatoms. The first-order valence-electron chi connectivity index (χ1n) is 11.2. The van der Waals surface area contributed by atoms with Crippen LogP contribution in [0.5, 0.6) is 0 Å². The number of carbonyl (C=O) groups excluding carboxylic acids is 4. The normalized spacial score (nSPS) is 12.2. The fourth-order valence-electron chi connectivity index (χ4n) is 2.61. The molecule has 0 saturated heterocycles. The van der Waals surface area contributed by atoms with Crippen LogP contribution in [0.25, 0.3) is 0 Å². The van der Waals surface area contributed by atoms with Crippen LogP contribution in [-0.4, -0.2) is 65.4 Å². The van der Waals surface area contributed by atoms with Gasteiger partial charge in [-0.25, -0.2) is 10.3 Å². The average molecular weight is 475 g/mol. The zero-order valence-corrected chi connectivity index (χ0v) is 21.5. The number of hydroxylamine groups is 1. The van der Waals surface area contributed by atoms with Crippen molar-refractivity contribution in [3.8, 4) is 0 Å². The SMILES string of the molecule is CNC(=O)[C@H](CCCCC(=O)NOC(C)(C)C)NC(=O)N(CCSC(C)=O)CCC(C)C. The molecule has 32 heavy (non-hydrogen) atoms. The van der Waals surface area contributed by atoms with Gasteiger partial charge in [0.1, 0.15) is 6.04 Å². The largest absolute Gasteiger partial charge is 0.357 e. The fraction of sp³-hybridized carbons (Fsp3) is 0.818. The molecule has 0 aromatic rings. The smallest absolute Gasteiger partial charge is 0.318 e. The van der Waals surface area contributed by atoms with Crippen LogP contribution < -0.4 is 16.1 Å². The number of unbranched alkanes of at least 4 members (excludes halogenated alkanes) is 1. The molecule has 0 aliphatic rings. The number of nitrogens with one attached hydrogen (secondary N) is 3. The van der Waals surface area contributed by atoms with Crippen molar-refractivity contribution in [2.75, 3.05) is 25.9 Å². The van der Waals surface area contributed by atoms with E-state index >= 15 is 0 Å². The molecule has 0 saturated carbocycles. The summed E-state index contributed by atoms with van der Waals surface area (Å²) in [4.78, 5) is 55.1. The molecular weight excluding hydrogens is 432 g/mol. The van der Waals surface area contributed by atoms with Crippen LogP contribution in [-0.2, 0) is 19.2 Å². The van der Waals surface area contributed by atoms with Gasteiger partial charge in [0.05, 0.1) is 5.60 Å². The summed E-state index contributed by atoms with van der Waals surface area (Å²) >= 11 is 1.18. The molecule has 0 bridgehead atoms. The van der Waals surface area contributed by atoms with Crippen molar-refractivity contribution in [2.24, 2.45) is 5.92 Å². The predicted octanol–water partition coefficient (Wildman–Crippen LogP) is 2.85. The van der Waals surface area contributed by atoms with E-state index in [9.17, 15) is 19.2 Å². The van der Waals surface area contributed by atoms with Crippen molar-refractivity contribution in [3.63, 3.8) is 0 Å². The Balaban J connectivity index is 4.74. The van der Waals surface area contributed by atoms with Gasteiger partial charge in [-0.3, -0.25) is 19.2 Å². The maximum Gasteiger partial charge on any atom is 0.318 e. The van der Waals surface area contributed by atoms with Crippen LogP contribution >= 0.6 is 11.8 Å². The van der Waals surface area contributed by atoms with E-state index in [1.54, 1.807) is 4.90 Å². The van der Waals surface area contributed by atoms with Gasteiger partial charge < -0.3 is 15.5 Å². The van der Waals surface area contributed by atoms with Gasteiger partial charge in [0.15, 0.2) is 5.12 Å². The van der Waals surface area contributed by atoms with Gasteiger partial charge in [-0.2, -0.15) is 0 Å². The third-order valence-corrected chi connectivity index (χ3v) is 5.20. The number of hydrogen-bond acceptors (Lipinski definition) is 6. The molecule has 0 spiro atoms. The first kappa shape index (κ1) is 30.2. The van der Waals surface area contributed by atoms with Crippen LogP contribution in [0.2, 0.25) is 0 Å². The third kappa shape index (κ3) is 15.9. The molecule has 0 unspecified atom stereocenters. The highest BCUT2D eigenvalue weighted by molar-refractivity contribution is 8.13.